The minimum absolute atomic E-state index is 0.00871. The number of aryl methyl sites for hydroxylation is 1. The zero-order valence-electron chi connectivity index (χ0n) is 18.2. The van der Waals surface area contributed by atoms with E-state index in [2.05, 4.69) is 31.3 Å². The van der Waals surface area contributed by atoms with Gasteiger partial charge in [0, 0.05) is 5.54 Å². The van der Waals surface area contributed by atoms with Crippen LogP contribution < -0.4 is 15.0 Å². The van der Waals surface area contributed by atoms with E-state index in [-0.39, 0.29) is 24.0 Å². The maximum atomic E-state index is 12.6. The molecule has 28 heavy (non-hydrogen) atoms. The second-order valence-electron chi connectivity index (χ2n) is 9.09. The van der Waals surface area contributed by atoms with Crippen molar-refractivity contribution in [1.82, 2.24) is 10.2 Å². The number of ether oxygens (including phenoxy) is 1. The molecule has 1 heterocycles. The van der Waals surface area contributed by atoms with Gasteiger partial charge in [0.15, 0.2) is 13.2 Å². The Morgan fingerprint density at radius 2 is 1.86 bits per heavy atom. The zero-order valence-corrected chi connectivity index (χ0v) is 18.2. The monoisotopic (exact) mass is 390 g/mol. The quantitative estimate of drug-likeness (QED) is 0.766. The highest BCUT2D eigenvalue weighted by atomic mass is 16.5. The number of benzene rings is 1. The molecule has 1 aromatic carbocycles. The third kappa shape index (κ3) is 6.82. The first kappa shape index (κ1) is 22.2. The van der Waals surface area contributed by atoms with Crippen molar-refractivity contribution in [3.05, 3.63) is 29.3 Å². The van der Waals surface area contributed by atoms with Crippen LogP contribution >= 0.6 is 0 Å². The van der Waals surface area contributed by atoms with Crippen LogP contribution in [-0.4, -0.2) is 61.6 Å². The van der Waals surface area contributed by atoms with Gasteiger partial charge in [-0.1, -0.05) is 26.0 Å². The highest BCUT2D eigenvalue weighted by Crippen LogP contribution is 2.27. The minimum Gasteiger partial charge on any atom is -0.483 e. The number of carbonyl (C=O) groups is 2. The molecule has 2 amide bonds. The summed E-state index contributed by atoms with van der Waals surface area (Å²) in [5.41, 5.74) is 2.03. The van der Waals surface area contributed by atoms with Crippen molar-refractivity contribution in [2.24, 2.45) is 0 Å². The van der Waals surface area contributed by atoms with Crippen molar-refractivity contribution in [2.45, 2.75) is 53.0 Å². The number of nitrogens with zero attached hydrogens (tertiary/aromatic N) is 1. The van der Waals surface area contributed by atoms with Gasteiger partial charge in [0.1, 0.15) is 5.75 Å². The van der Waals surface area contributed by atoms with Crippen molar-refractivity contribution >= 4 is 11.8 Å². The largest absolute Gasteiger partial charge is 0.483 e. The van der Waals surface area contributed by atoms with E-state index in [4.69, 9.17) is 4.74 Å². The van der Waals surface area contributed by atoms with Crippen LogP contribution in [0.3, 0.4) is 0 Å². The summed E-state index contributed by atoms with van der Waals surface area (Å²) in [6.07, 6.45) is 0. The van der Waals surface area contributed by atoms with Gasteiger partial charge in [0.2, 0.25) is 0 Å². The average Bonchev–Trinajstić information content (AvgIpc) is 2.58. The summed E-state index contributed by atoms with van der Waals surface area (Å²) in [7, 11) is 0. The zero-order chi connectivity index (χ0) is 20.9. The molecule has 0 aliphatic carbocycles. The van der Waals surface area contributed by atoms with Gasteiger partial charge in [-0.25, -0.2) is 0 Å². The van der Waals surface area contributed by atoms with Crippen molar-refractivity contribution < 1.29 is 19.2 Å². The van der Waals surface area contributed by atoms with Crippen LogP contribution in [0.15, 0.2) is 18.2 Å². The second kappa shape index (κ2) is 9.41. The van der Waals surface area contributed by atoms with Crippen LogP contribution in [0.2, 0.25) is 0 Å². The standard InChI is InChI=1S/C22H35N3O3/c1-16(2)18-8-7-17(3)13-19(18)28-15-21(27)25-11-9-24(10-12-25)14-20(26)23-22(4,5)6/h7-8,13,16H,9-12,14-15H2,1-6H3,(H,23,26)/p+1. The first-order valence-electron chi connectivity index (χ1n) is 10.2. The van der Waals surface area contributed by atoms with E-state index in [0.717, 1.165) is 30.0 Å². The molecule has 0 aromatic heterocycles. The summed E-state index contributed by atoms with van der Waals surface area (Å²) in [5.74, 6) is 1.21. The van der Waals surface area contributed by atoms with E-state index < -0.39 is 0 Å². The Hall–Kier alpha value is -2.08. The van der Waals surface area contributed by atoms with Gasteiger partial charge in [-0.3, -0.25) is 9.59 Å². The molecule has 2 rings (SSSR count). The second-order valence-corrected chi connectivity index (χ2v) is 9.09. The number of hydrogen-bond acceptors (Lipinski definition) is 3. The van der Waals surface area contributed by atoms with Gasteiger partial charge >= 0.3 is 0 Å². The maximum Gasteiger partial charge on any atom is 0.275 e. The van der Waals surface area contributed by atoms with Crippen molar-refractivity contribution in [1.29, 1.82) is 0 Å². The molecule has 0 saturated carbocycles. The Morgan fingerprint density at radius 3 is 2.43 bits per heavy atom. The molecule has 1 saturated heterocycles. The first-order valence-corrected chi connectivity index (χ1v) is 10.2. The topological polar surface area (TPSA) is 63.1 Å². The SMILES string of the molecule is Cc1ccc(C(C)C)c(OCC(=O)N2CC[NH+](CC(=O)NC(C)(C)C)CC2)c1. The van der Waals surface area contributed by atoms with Gasteiger partial charge in [-0.15, -0.1) is 0 Å². The molecular weight excluding hydrogens is 354 g/mol. The molecule has 0 unspecified atom stereocenters. The van der Waals surface area contributed by atoms with E-state index in [1.807, 2.05) is 38.7 Å². The summed E-state index contributed by atoms with van der Waals surface area (Å²) in [5, 5.41) is 3.00. The molecule has 0 spiro atoms. The fraction of sp³-hybridized carbons (Fsp3) is 0.636. The summed E-state index contributed by atoms with van der Waals surface area (Å²) in [4.78, 5) is 27.7. The lowest BCUT2D eigenvalue weighted by Crippen LogP contribution is -3.16. The van der Waals surface area contributed by atoms with E-state index >= 15 is 0 Å². The smallest absolute Gasteiger partial charge is 0.275 e. The number of nitrogens with one attached hydrogen (secondary N) is 2. The third-order valence-corrected chi connectivity index (χ3v) is 4.89. The highest BCUT2D eigenvalue weighted by molar-refractivity contribution is 5.78. The predicted molar refractivity (Wildman–Crippen MR) is 111 cm³/mol. The van der Waals surface area contributed by atoms with E-state index in [1.54, 1.807) is 0 Å². The van der Waals surface area contributed by atoms with Crippen molar-refractivity contribution in [3.8, 4) is 5.75 Å². The molecule has 6 nitrogen and oxygen atoms in total. The minimum atomic E-state index is -0.212. The lowest BCUT2D eigenvalue weighted by atomic mass is 10.0. The van der Waals surface area contributed by atoms with Crippen LogP contribution in [0, 0.1) is 6.92 Å². The van der Waals surface area contributed by atoms with Crippen LogP contribution in [0.5, 0.6) is 5.75 Å². The molecule has 1 fully saturated rings. The molecular formula is C22H36N3O3+. The number of quaternary nitrogens is 1. The van der Waals surface area contributed by atoms with Crippen LogP contribution in [0.4, 0.5) is 0 Å². The predicted octanol–water partition coefficient (Wildman–Crippen LogP) is 1.14. The normalized spacial score (nSPS) is 15.6. The van der Waals surface area contributed by atoms with Crippen molar-refractivity contribution in [2.75, 3.05) is 39.3 Å². The molecule has 1 aromatic rings. The molecule has 0 atom stereocenters. The number of amides is 2. The van der Waals surface area contributed by atoms with Crippen LogP contribution in [0.25, 0.3) is 0 Å². The Kier molecular flexibility index (Phi) is 7.47. The van der Waals surface area contributed by atoms with Gasteiger partial charge < -0.3 is 19.9 Å². The summed E-state index contributed by atoms with van der Waals surface area (Å²) >= 11 is 0. The average molecular weight is 391 g/mol. The number of rotatable bonds is 6. The third-order valence-electron chi connectivity index (χ3n) is 4.89. The Labute approximate surface area is 169 Å². The van der Waals surface area contributed by atoms with Gasteiger partial charge in [0.05, 0.1) is 26.2 Å². The maximum absolute atomic E-state index is 12.6. The summed E-state index contributed by atoms with van der Waals surface area (Å²) in [6, 6.07) is 6.14. The number of piperazine rings is 1. The summed E-state index contributed by atoms with van der Waals surface area (Å²) in [6.45, 7) is 15.6. The lowest BCUT2D eigenvalue weighted by Gasteiger charge is -2.32. The molecule has 156 valence electrons. The van der Waals surface area contributed by atoms with Gasteiger partial charge in [-0.2, -0.15) is 0 Å². The molecule has 6 heteroatoms. The molecule has 0 bridgehead atoms. The van der Waals surface area contributed by atoms with Gasteiger partial charge in [0.25, 0.3) is 11.8 Å². The van der Waals surface area contributed by atoms with Crippen LogP contribution in [0.1, 0.15) is 51.7 Å². The van der Waals surface area contributed by atoms with E-state index in [1.165, 1.54) is 4.90 Å². The first-order chi connectivity index (χ1) is 13.0. The Bertz CT molecular complexity index is 687. The molecule has 1 aliphatic rings. The van der Waals surface area contributed by atoms with Crippen LogP contribution in [-0.2, 0) is 9.59 Å². The van der Waals surface area contributed by atoms with E-state index in [9.17, 15) is 9.59 Å². The fourth-order valence-corrected chi connectivity index (χ4v) is 3.41. The summed E-state index contributed by atoms with van der Waals surface area (Å²) < 4.78 is 5.88. The molecule has 2 N–H and O–H groups in total. The fourth-order valence-electron chi connectivity index (χ4n) is 3.41. The molecule has 0 radical (unpaired) electrons. The van der Waals surface area contributed by atoms with Crippen molar-refractivity contribution in [3.63, 3.8) is 0 Å². The number of carbonyl (C=O) groups excluding carboxylic acids is 2. The number of hydrogen-bond donors (Lipinski definition) is 2. The lowest BCUT2D eigenvalue weighted by molar-refractivity contribution is -0.896. The highest BCUT2D eigenvalue weighted by Gasteiger charge is 2.26. The van der Waals surface area contributed by atoms with Gasteiger partial charge in [-0.05, 0) is 50.8 Å². The Morgan fingerprint density at radius 1 is 1.21 bits per heavy atom. The molecule has 1 aliphatic heterocycles. The van der Waals surface area contributed by atoms with E-state index in [0.29, 0.717) is 25.6 Å². The Balaban J connectivity index is 1.81.